The van der Waals surface area contributed by atoms with Gasteiger partial charge in [-0.15, -0.1) is 0 Å². The van der Waals surface area contributed by atoms with Crippen molar-refractivity contribution in [2.45, 2.75) is 20.0 Å². The Kier molecular flexibility index (Phi) is 5.30. The van der Waals surface area contributed by atoms with Crippen LogP contribution in [0.3, 0.4) is 0 Å². The van der Waals surface area contributed by atoms with E-state index in [0.29, 0.717) is 5.82 Å². The first kappa shape index (κ1) is 18.3. The molecule has 0 atom stereocenters. The highest BCUT2D eigenvalue weighted by atomic mass is 19.1. The minimum absolute atomic E-state index is 0.0506. The molecule has 0 radical (unpaired) electrons. The van der Waals surface area contributed by atoms with Gasteiger partial charge in [0.15, 0.2) is 5.82 Å². The topological polar surface area (TPSA) is 89.1 Å². The number of hydrogen-bond donors (Lipinski definition) is 2. The molecule has 0 bridgehead atoms. The van der Waals surface area contributed by atoms with Gasteiger partial charge < -0.3 is 14.8 Å². The summed E-state index contributed by atoms with van der Waals surface area (Å²) in [4.78, 5) is 16.6. The Balaban J connectivity index is 1.91. The fraction of sp³-hybridized carbons (Fsp3) is 0.167. The molecule has 2 heterocycles. The van der Waals surface area contributed by atoms with Crippen LogP contribution in [0.1, 0.15) is 24.2 Å². The van der Waals surface area contributed by atoms with E-state index in [9.17, 15) is 13.6 Å². The SMILES string of the molecule is CC(C)Oc1cc(C(=O)Nc2cc[nH]n2)cc(Oc2cc(F)cc(F)c2)n1. The van der Waals surface area contributed by atoms with Crippen molar-refractivity contribution in [1.29, 1.82) is 0 Å². The minimum Gasteiger partial charge on any atom is -0.475 e. The number of hydrogen-bond acceptors (Lipinski definition) is 5. The fourth-order valence-corrected chi connectivity index (χ4v) is 2.19. The Labute approximate surface area is 153 Å². The van der Waals surface area contributed by atoms with E-state index in [0.717, 1.165) is 18.2 Å². The van der Waals surface area contributed by atoms with Gasteiger partial charge in [-0.05, 0) is 13.8 Å². The molecule has 0 saturated carbocycles. The van der Waals surface area contributed by atoms with E-state index in [1.807, 2.05) is 0 Å². The lowest BCUT2D eigenvalue weighted by Gasteiger charge is -2.13. The zero-order valence-electron chi connectivity index (χ0n) is 14.5. The second kappa shape index (κ2) is 7.81. The lowest BCUT2D eigenvalue weighted by Crippen LogP contribution is -2.14. The van der Waals surface area contributed by atoms with Crippen LogP contribution >= 0.6 is 0 Å². The van der Waals surface area contributed by atoms with Crippen molar-refractivity contribution in [3.63, 3.8) is 0 Å². The van der Waals surface area contributed by atoms with Crippen LogP contribution in [-0.2, 0) is 0 Å². The van der Waals surface area contributed by atoms with Gasteiger partial charge in [0.1, 0.15) is 17.4 Å². The summed E-state index contributed by atoms with van der Waals surface area (Å²) in [6.45, 7) is 3.58. The van der Waals surface area contributed by atoms with Gasteiger partial charge in [-0.3, -0.25) is 9.89 Å². The Hall–Kier alpha value is -3.49. The molecule has 0 unspecified atom stereocenters. The standard InChI is InChI=1S/C18H16F2N4O3/c1-10(2)26-16-5-11(18(25)22-15-3-4-21-24-15)6-17(23-16)27-14-8-12(19)7-13(20)9-14/h3-10H,1-2H3,(H2,21,22,24,25). The van der Waals surface area contributed by atoms with Gasteiger partial charge in [-0.2, -0.15) is 10.1 Å². The number of aromatic amines is 1. The number of anilines is 1. The summed E-state index contributed by atoms with van der Waals surface area (Å²) >= 11 is 0. The van der Waals surface area contributed by atoms with Crippen molar-refractivity contribution < 1.29 is 23.0 Å². The summed E-state index contributed by atoms with van der Waals surface area (Å²) in [5.41, 5.74) is 0.176. The summed E-state index contributed by atoms with van der Waals surface area (Å²) in [5, 5.41) is 9.01. The summed E-state index contributed by atoms with van der Waals surface area (Å²) in [7, 11) is 0. The summed E-state index contributed by atoms with van der Waals surface area (Å²) in [6, 6.07) is 7.08. The van der Waals surface area contributed by atoms with Crippen LogP contribution in [0.25, 0.3) is 0 Å². The monoisotopic (exact) mass is 374 g/mol. The minimum atomic E-state index is -0.795. The molecule has 140 valence electrons. The average Bonchev–Trinajstić information content (AvgIpc) is 3.05. The molecule has 1 aromatic carbocycles. The average molecular weight is 374 g/mol. The van der Waals surface area contributed by atoms with Crippen LogP contribution in [0.2, 0.25) is 0 Å². The van der Waals surface area contributed by atoms with E-state index in [1.54, 1.807) is 26.1 Å². The fourth-order valence-electron chi connectivity index (χ4n) is 2.19. The van der Waals surface area contributed by atoms with Crippen molar-refractivity contribution in [3.05, 3.63) is 59.8 Å². The smallest absolute Gasteiger partial charge is 0.257 e. The number of halogens is 2. The molecule has 0 aliphatic carbocycles. The van der Waals surface area contributed by atoms with Gasteiger partial charge in [0.2, 0.25) is 11.8 Å². The molecule has 3 aromatic rings. The molecule has 3 rings (SSSR count). The highest BCUT2D eigenvalue weighted by Gasteiger charge is 2.14. The van der Waals surface area contributed by atoms with Gasteiger partial charge in [0.05, 0.1) is 11.7 Å². The lowest BCUT2D eigenvalue weighted by molar-refractivity contribution is 0.102. The molecule has 0 saturated heterocycles. The van der Waals surface area contributed by atoms with Crippen LogP contribution < -0.4 is 14.8 Å². The maximum absolute atomic E-state index is 13.4. The zero-order chi connectivity index (χ0) is 19.4. The normalized spacial score (nSPS) is 10.7. The summed E-state index contributed by atoms with van der Waals surface area (Å²) in [6.07, 6.45) is 1.35. The van der Waals surface area contributed by atoms with Gasteiger partial charge in [0.25, 0.3) is 5.91 Å². The Morgan fingerprint density at radius 2 is 1.81 bits per heavy atom. The van der Waals surface area contributed by atoms with Crippen LogP contribution in [0, 0.1) is 11.6 Å². The third-order valence-corrected chi connectivity index (χ3v) is 3.20. The number of carbonyl (C=O) groups excluding carboxylic acids is 1. The molecule has 27 heavy (non-hydrogen) atoms. The molecular weight excluding hydrogens is 358 g/mol. The molecule has 0 spiro atoms. The number of nitrogens with one attached hydrogen (secondary N) is 2. The molecule has 0 fully saturated rings. The molecule has 0 aliphatic rings. The number of benzene rings is 1. The van der Waals surface area contributed by atoms with Gasteiger partial charge in [0, 0.05) is 42.6 Å². The molecule has 9 heteroatoms. The van der Waals surface area contributed by atoms with Gasteiger partial charge >= 0.3 is 0 Å². The second-order valence-corrected chi connectivity index (χ2v) is 5.82. The Morgan fingerprint density at radius 3 is 2.44 bits per heavy atom. The van der Waals surface area contributed by atoms with Crippen molar-refractivity contribution in [3.8, 4) is 17.5 Å². The van der Waals surface area contributed by atoms with Crippen LogP contribution in [0.15, 0.2) is 42.6 Å². The quantitative estimate of drug-likeness (QED) is 0.683. The first-order chi connectivity index (χ1) is 12.9. The number of amides is 1. The second-order valence-electron chi connectivity index (χ2n) is 5.82. The highest BCUT2D eigenvalue weighted by molar-refractivity contribution is 6.04. The number of ether oxygens (including phenoxy) is 2. The zero-order valence-corrected chi connectivity index (χ0v) is 14.5. The van der Waals surface area contributed by atoms with E-state index in [4.69, 9.17) is 9.47 Å². The summed E-state index contributed by atoms with van der Waals surface area (Å²) < 4.78 is 37.7. The number of nitrogens with zero attached hydrogens (tertiary/aromatic N) is 2. The number of carbonyl (C=O) groups is 1. The first-order valence-electron chi connectivity index (χ1n) is 8.03. The number of H-pyrrole nitrogens is 1. The molecular formula is C18H16F2N4O3. The Bertz CT molecular complexity index is 926. The maximum atomic E-state index is 13.4. The van der Waals surface area contributed by atoms with Gasteiger partial charge in [-0.1, -0.05) is 0 Å². The molecule has 2 N–H and O–H groups in total. The maximum Gasteiger partial charge on any atom is 0.257 e. The first-order valence-corrected chi connectivity index (χ1v) is 8.03. The molecule has 7 nitrogen and oxygen atoms in total. The van der Waals surface area contributed by atoms with Crippen molar-refractivity contribution in [2.24, 2.45) is 0 Å². The number of aromatic nitrogens is 3. The number of rotatable bonds is 6. The van der Waals surface area contributed by atoms with Crippen molar-refractivity contribution >= 4 is 11.7 Å². The van der Waals surface area contributed by atoms with E-state index >= 15 is 0 Å². The van der Waals surface area contributed by atoms with E-state index in [1.165, 1.54) is 12.1 Å². The predicted molar refractivity (Wildman–Crippen MR) is 93.0 cm³/mol. The molecule has 0 aliphatic heterocycles. The van der Waals surface area contributed by atoms with E-state index < -0.39 is 17.5 Å². The van der Waals surface area contributed by atoms with Crippen molar-refractivity contribution in [1.82, 2.24) is 15.2 Å². The molecule has 1 amide bonds. The van der Waals surface area contributed by atoms with E-state index in [2.05, 4.69) is 20.5 Å². The lowest BCUT2D eigenvalue weighted by atomic mass is 10.2. The van der Waals surface area contributed by atoms with Crippen LogP contribution in [0.5, 0.6) is 17.5 Å². The third-order valence-electron chi connectivity index (χ3n) is 3.20. The largest absolute Gasteiger partial charge is 0.475 e. The van der Waals surface area contributed by atoms with Gasteiger partial charge in [-0.25, -0.2) is 8.78 Å². The Morgan fingerprint density at radius 1 is 1.11 bits per heavy atom. The van der Waals surface area contributed by atoms with E-state index in [-0.39, 0.29) is 29.2 Å². The molecule has 2 aromatic heterocycles. The highest BCUT2D eigenvalue weighted by Crippen LogP contribution is 2.26. The number of pyridine rings is 1. The van der Waals surface area contributed by atoms with Crippen molar-refractivity contribution in [2.75, 3.05) is 5.32 Å². The summed E-state index contributed by atoms with van der Waals surface area (Å²) in [5.74, 6) is -1.75. The van der Waals surface area contributed by atoms with Crippen LogP contribution in [0.4, 0.5) is 14.6 Å². The predicted octanol–water partition coefficient (Wildman–Crippen LogP) is 3.91. The van der Waals surface area contributed by atoms with Crippen LogP contribution in [-0.4, -0.2) is 27.2 Å². The third kappa shape index (κ3) is 5.00.